The van der Waals surface area contributed by atoms with E-state index in [1.807, 2.05) is 0 Å². The minimum atomic E-state index is -1.26. The summed E-state index contributed by atoms with van der Waals surface area (Å²) in [6.07, 6.45) is 0. The standard InChI is InChI=1S/C20H25N3O6/c1-11(2)18(20(26)29-10-17(24)16(9-21)12(3)22)23-19(25)13-6-14(27-4)8-15(7-13)28-5/h6-8,11,16,18,22H,10H2,1-5H3,(H,23,25)/t16-,18+/m1/s1. The summed E-state index contributed by atoms with van der Waals surface area (Å²) in [5.41, 5.74) is 0.0916. The Hall–Kier alpha value is -3.41. The third kappa shape index (κ3) is 6.60. The number of rotatable bonds is 10. The summed E-state index contributed by atoms with van der Waals surface area (Å²) < 4.78 is 15.3. The molecule has 0 aliphatic rings. The molecule has 0 radical (unpaired) electrons. The fraction of sp³-hybridized carbons (Fsp3) is 0.450. The maximum Gasteiger partial charge on any atom is 0.329 e. The molecule has 0 bridgehead atoms. The number of carbonyl (C=O) groups excluding carboxylic acids is 3. The molecule has 1 aromatic rings. The molecule has 0 saturated heterocycles. The maximum atomic E-state index is 12.6. The molecule has 0 aromatic heterocycles. The van der Waals surface area contributed by atoms with Gasteiger partial charge in [0.1, 0.15) is 23.5 Å². The van der Waals surface area contributed by atoms with Crippen LogP contribution in [0, 0.1) is 28.6 Å². The SMILES string of the molecule is COc1cc(OC)cc(C(=O)N[C@H](C(=O)OCC(=O)[C@H](C#N)C(C)=N)C(C)C)c1. The molecule has 0 saturated carbocycles. The third-order valence-electron chi connectivity index (χ3n) is 4.06. The van der Waals surface area contributed by atoms with Gasteiger partial charge in [0.15, 0.2) is 12.4 Å². The van der Waals surface area contributed by atoms with Gasteiger partial charge >= 0.3 is 5.97 Å². The number of hydrogen-bond donors (Lipinski definition) is 2. The molecule has 29 heavy (non-hydrogen) atoms. The molecule has 0 unspecified atom stereocenters. The van der Waals surface area contributed by atoms with Crippen molar-refractivity contribution in [3.8, 4) is 17.6 Å². The van der Waals surface area contributed by atoms with E-state index in [1.165, 1.54) is 33.3 Å². The number of carbonyl (C=O) groups is 3. The Morgan fingerprint density at radius 3 is 2.10 bits per heavy atom. The average Bonchev–Trinajstić information content (AvgIpc) is 2.69. The van der Waals surface area contributed by atoms with Gasteiger partial charge in [0.05, 0.1) is 20.3 Å². The van der Waals surface area contributed by atoms with Crippen LogP contribution < -0.4 is 14.8 Å². The molecule has 9 heteroatoms. The lowest BCUT2D eigenvalue weighted by molar-refractivity contribution is -0.151. The molecule has 1 amide bonds. The Labute approximate surface area is 169 Å². The Kier molecular flexibility index (Phi) is 8.80. The van der Waals surface area contributed by atoms with Gasteiger partial charge < -0.3 is 24.9 Å². The van der Waals surface area contributed by atoms with E-state index in [4.69, 9.17) is 24.9 Å². The molecule has 2 N–H and O–H groups in total. The first-order valence-electron chi connectivity index (χ1n) is 8.82. The minimum Gasteiger partial charge on any atom is -0.497 e. The monoisotopic (exact) mass is 403 g/mol. The summed E-state index contributed by atoms with van der Waals surface area (Å²) in [5.74, 6) is -2.82. The van der Waals surface area contributed by atoms with Crippen LogP contribution in [0.3, 0.4) is 0 Å². The van der Waals surface area contributed by atoms with Crippen LogP contribution in [0.25, 0.3) is 0 Å². The van der Waals surface area contributed by atoms with Crippen molar-refractivity contribution in [2.24, 2.45) is 11.8 Å². The zero-order valence-corrected chi connectivity index (χ0v) is 17.1. The third-order valence-corrected chi connectivity index (χ3v) is 4.06. The second-order valence-corrected chi connectivity index (χ2v) is 6.62. The minimum absolute atomic E-state index is 0.130. The van der Waals surface area contributed by atoms with Crippen molar-refractivity contribution >= 4 is 23.4 Å². The molecule has 1 rings (SSSR count). The fourth-order valence-corrected chi connectivity index (χ4v) is 2.39. The van der Waals surface area contributed by atoms with Gasteiger partial charge in [-0.3, -0.25) is 9.59 Å². The number of nitriles is 1. The van der Waals surface area contributed by atoms with Crippen LogP contribution in [0.4, 0.5) is 0 Å². The highest BCUT2D eigenvalue weighted by Gasteiger charge is 2.28. The second-order valence-electron chi connectivity index (χ2n) is 6.62. The maximum absolute atomic E-state index is 12.6. The number of esters is 1. The van der Waals surface area contributed by atoms with Crippen molar-refractivity contribution in [1.82, 2.24) is 5.32 Å². The number of Topliss-reactive ketones (excluding diaryl/α,β-unsaturated/α-hetero) is 1. The van der Waals surface area contributed by atoms with Crippen LogP contribution in [0.5, 0.6) is 11.5 Å². The van der Waals surface area contributed by atoms with E-state index in [0.29, 0.717) is 11.5 Å². The number of methoxy groups -OCH3 is 2. The highest BCUT2D eigenvalue weighted by molar-refractivity contribution is 6.06. The Balaban J connectivity index is 2.89. The summed E-state index contributed by atoms with van der Waals surface area (Å²) in [4.78, 5) is 37.0. The van der Waals surface area contributed by atoms with Gasteiger partial charge in [-0.25, -0.2) is 4.79 Å². The number of hydrogen-bond acceptors (Lipinski definition) is 8. The van der Waals surface area contributed by atoms with Gasteiger partial charge in [0, 0.05) is 17.3 Å². The van der Waals surface area contributed by atoms with E-state index >= 15 is 0 Å². The summed E-state index contributed by atoms with van der Waals surface area (Å²) in [6.45, 7) is 4.09. The van der Waals surface area contributed by atoms with E-state index in [0.717, 1.165) is 0 Å². The quantitative estimate of drug-likeness (QED) is 0.448. The average molecular weight is 403 g/mol. The summed E-state index contributed by atoms with van der Waals surface area (Å²) in [7, 11) is 2.90. The van der Waals surface area contributed by atoms with Gasteiger partial charge in [0.2, 0.25) is 0 Å². The number of ether oxygens (including phenoxy) is 3. The molecule has 9 nitrogen and oxygen atoms in total. The van der Waals surface area contributed by atoms with Gasteiger partial charge in [-0.2, -0.15) is 5.26 Å². The van der Waals surface area contributed by atoms with Crippen molar-refractivity contribution < 1.29 is 28.6 Å². The summed E-state index contributed by atoms with van der Waals surface area (Å²) in [5, 5.41) is 18.9. The van der Waals surface area contributed by atoms with Crippen molar-refractivity contribution in [2.45, 2.75) is 26.8 Å². The van der Waals surface area contributed by atoms with Crippen LogP contribution in [0.2, 0.25) is 0 Å². The Bertz CT molecular complexity index is 806. The normalized spacial score (nSPS) is 12.3. The predicted molar refractivity (Wildman–Crippen MR) is 104 cm³/mol. The van der Waals surface area contributed by atoms with Gasteiger partial charge in [-0.05, 0) is 25.0 Å². The second kappa shape index (κ2) is 10.8. The topological polar surface area (TPSA) is 139 Å². The predicted octanol–water partition coefficient (Wildman–Crippen LogP) is 1.75. The molecular formula is C20H25N3O6. The largest absolute Gasteiger partial charge is 0.497 e. The molecular weight excluding hydrogens is 378 g/mol. The number of ketones is 1. The number of nitrogens with one attached hydrogen (secondary N) is 2. The smallest absolute Gasteiger partial charge is 0.329 e. The molecule has 0 aliphatic carbocycles. The lowest BCUT2D eigenvalue weighted by Crippen LogP contribution is -2.46. The lowest BCUT2D eigenvalue weighted by Gasteiger charge is -2.21. The van der Waals surface area contributed by atoms with Crippen molar-refractivity contribution in [1.29, 1.82) is 10.7 Å². The molecule has 2 atom stereocenters. The van der Waals surface area contributed by atoms with Crippen LogP contribution in [0.1, 0.15) is 31.1 Å². The van der Waals surface area contributed by atoms with E-state index < -0.39 is 36.2 Å². The van der Waals surface area contributed by atoms with E-state index in [-0.39, 0.29) is 17.2 Å². The van der Waals surface area contributed by atoms with Gasteiger partial charge in [0.25, 0.3) is 5.91 Å². The lowest BCUT2D eigenvalue weighted by atomic mass is 10.0. The first kappa shape index (κ1) is 23.6. The van der Waals surface area contributed by atoms with E-state index in [1.54, 1.807) is 26.0 Å². The van der Waals surface area contributed by atoms with Crippen molar-refractivity contribution in [2.75, 3.05) is 20.8 Å². The molecule has 1 aromatic carbocycles. The Morgan fingerprint density at radius 1 is 1.14 bits per heavy atom. The fourth-order valence-electron chi connectivity index (χ4n) is 2.39. The van der Waals surface area contributed by atoms with Crippen LogP contribution >= 0.6 is 0 Å². The number of benzene rings is 1. The van der Waals surface area contributed by atoms with Gasteiger partial charge in [-0.15, -0.1) is 0 Å². The van der Waals surface area contributed by atoms with Crippen molar-refractivity contribution in [3.63, 3.8) is 0 Å². The van der Waals surface area contributed by atoms with Crippen molar-refractivity contribution in [3.05, 3.63) is 23.8 Å². The zero-order valence-electron chi connectivity index (χ0n) is 17.1. The number of amides is 1. The highest BCUT2D eigenvalue weighted by Crippen LogP contribution is 2.22. The Morgan fingerprint density at radius 2 is 1.69 bits per heavy atom. The molecule has 156 valence electrons. The van der Waals surface area contributed by atoms with E-state index in [9.17, 15) is 14.4 Å². The highest BCUT2D eigenvalue weighted by atomic mass is 16.5. The molecule has 0 fully saturated rings. The first-order valence-corrected chi connectivity index (χ1v) is 8.82. The number of nitrogens with zero attached hydrogens (tertiary/aromatic N) is 1. The van der Waals surface area contributed by atoms with Gasteiger partial charge in [-0.1, -0.05) is 13.8 Å². The van der Waals surface area contributed by atoms with E-state index in [2.05, 4.69) is 5.32 Å². The summed E-state index contributed by atoms with van der Waals surface area (Å²) >= 11 is 0. The van der Waals surface area contributed by atoms with Crippen LogP contribution in [-0.2, 0) is 14.3 Å². The summed E-state index contributed by atoms with van der Waals surface area (Å²) in [6, 6.07) is 5.27. The molecule has 0 heterocycles. The molecule has 0 spiro atoms. The first-order chi connectivity index (χ1) is 13.6. The van der Waals surface area contributed by atoms with Crippen LogP contribution in [0.15, 0.2) is 18.2 Å². The zero-order chi connectivity index (χ0) is 22.1. The van der Waals surface area contributed by atoms with Crippen LogP contribution in [-0.4, -0.2) is 50.2 Å². The molecule has 0 aliphatic heterocycles.